The van der Waals surface area contributed by atoms with Crippen molar-refractivity contribution in [2.45, 2.75) is 81.4 Å². The van der Waals surface area contributed by atoms with E-state index in [9.17, 15) is 45.6 Å². The van der Waals surface area contributed by atoms with E-state index < -0.39 is 72.0 Å². The molecule has 57 heavy (non-hydrogen) atoms. The maximum absolute atomic E-state index is 12.1. The highest BCUT2D eigenvalue weighted by molar-refractivity contribution is 8.12. The second-order valence-electron chi connectivity index (χ2n) is 12.7. The minimum Gasteiger partial charge on any atom is -0.443 e. The smallest absolute Gasteiger partial charge is 0.422 e. The number of hydroxylamine groups is 4. The molecule has 19 nitrogen and oxygen atoms in total. The van der Waals surface area contributed by atoms with Crippen LogP contribution in [0.1, 0.15) is 112 Å². The molecule has 0 radical (unpaired) electrons. The number of sulfonamides is 1. The highest BCUT2D eigenvalue weighted by Gasteiger charge is 2.37. The number of carbonyl (C=O) groups excluding carboxylic acids is 6. The zero-order valence-corrected chi connectivity index (χ0v) is 33.1. The van der Waals surface area contributed by atoms with Gasteiger partial charge in [-0.25, -0.2) is 27.5 Å². The third kappa shape index (κ3) is 19.1. The second-order valence-corrected chi connectivity index (χ2v) is 16.8. The van der Waals surface area contributed by atoms with E-state index in [0.29, 0.717) is 16.2 Å². The molecule has 0 saturated heterocycles. The summed E-state index contributed by atoms with van der Waals surface area (Å²) in [6.07, 6.45) is -2.19. The Bertz CT molecular complexity index is 1860. The summed E-state index contributed by atoms with van der Waals surface area (Å²) in [5, 5.41) is 1.37. The first-order chi connectivity index (χ1) is 24.4. The summed E-state index contributed by atoms with van der Waals surface area (Å²) < 4.78 is 56.9. The van der Waals surface area contributed by atoms with Gasteiger partial charge in [0.1, 0.15) is 11.2 Å². The number of carbonyl (C=O) groups is 6. The SMILES string of the molecule is C.C.C.CC(C)(C)OC(=O)NS(=O)(=O)CCCON1C(=O)c2ccccc2C1=O.CC(C)(C)OC(=O)NS(=O)(=O)Cl.Cl.NCCON1C(=O)c2ccccc2C1=O. The highest BCUT2D eigenvalue weighted by Crippen LogP contribution is 2.23. The number of fused-ring (bicyclic) bond motifs is 2. The Morgan fingerprint density at radius 3 is 1.26 bits per heavy atom. The van der Waals surface area contributed by atoms with Gasteiger partial charge in [-0.1, -0.05) is 46.5 Å². The van der Waals surface area contributed by atoms with E-state index in [-0.39, 0.29) is 72.0 Å². The Kier molecular flexibility index (Phi) is 23.7. The van der Waals surface area contributed by atoms with Crippen molar-refractivity contribution in [1.29, 1.82) is 0 Å². The molecule has 0 spiro atoms. The van der Waals surface area contributed by atoms with Crippen LogP contribution in [0.2, 0.25) is 0 Å². The summed E-state index contributed by atoms with van der Waals surface area (Å²) in [7, 11) is -3.25. The lowest BCUT2D eigenvalue weighted by Gasteiger charge is -2.19. The average molecular weight is 891 g/mol. The van der Waals surface area contributed by atoms with Crippen molar-refractivity contribution in [3.63, 3.8) is 0 Å². The maximum atomic E-state index is 12.1. The fraction of sp³-hybridized carbons (Fsp3) is 0.471. The average Bonchev–Trinajstić information content (AvgIpc) is 3.39. The van der Waals surface area contributed by atoms with Crippen molar-refractivity contribution >= 4 is 78.2 Å². The van der Waals surface area contributed by atoms with Crippen LogP contribution in [0.15, 0.2) is 48.5 Å². The van der Waals surface area contributed by atoms with Gasteiger partial charge in [0.2, 0.25) is 10.0 Å². The van der Waals surface area contributed by atoms with Crippen LogP contribution in [0, 0.1) is 0 Å². The van der Waals surface area contributed by atoms with Gasteiger partial charge in [-0.3, -0.25) is 28.9 Å². The Hall–Kier alpha value is -4.38. The number of nitrogens with zero attached hydrogens (tertiary/aromatic N) is 2. The Morgan fingerprint density at radius 2 is 0.965 bits per heavy atom. The lowest BCUT2D eigenvalue weighted by molar-refractivity contribution is -0.0908. The van der Waals surface area contributed by atoms with E-state index in [4.69, 9.17) is 30.8 Å². The van der Waals surface area contributed by atoms with E-state index >= 15 is 0 Å². The van der Waals surface area contributed by atoms with E-state index in [1.807, 2.05) is 0 Å². The summed E-state index contributed by atoms with van der Waals surface area (Å²) in [6, 6.07) is 12.9. The van der Waals surface area contributed by atoms with Gasteiger partial charge in [0, 0.05) is 17.2 Å². The number of hydrogen-bond donors (Lipinski definition) is 3. The van der Waals surface area contributed by atoms with Crippen LogP contribution in [0.3, 0.4) is 0 Å². The number of imide groups is 2. The first kappa shape index (κ1) is 56.9. The third-order valence-electron chi connectivity index (χ3n) is 5.87. The van der Waals surface area contributed by atoms with Crippen LogP contribution in [-0.2, 0) is 38.4 Å². The monoisotopic (exact) mass is 889 g/mol. The normalized spacial score (nSPS) is 13.0. The molecule has 2 aliphatic heterocycles. The fourth-order valence-corrected chi connectivity index (χ4v) is 5.32. The zero-order valence-electron chi connectivity index (χ0n) is 29.9. The molecule has 0 aliphatic carbocycles. The predicted molar refractivity (Wildman–Crippen MR) is 214 cm³/mol. The van der Waals surface area contributed by atoms with Crippen molar-refractivity contribution < 1.29 is 64.8 Å². The van der Waals surface area contributed by atoms with Crippen LogP contribution < -0.4 is 15.2 Å². The van der Waals surface area contributed by atoms with Crippen LogP contribution >= 0.6 is 23.1 Å². The van der Waals surface area contributed by atoms with Crippen LogP contribution in [0.4, 0.5) is 9.59 Å². The van der Waals surface area contributed by atoms with Gasteiger partial charge >= 0.3 is 21.4 Å². The molecule has 23 heteroatoms. The molecule has 4 N–H and O–H groups in total. The molecule has 0 atom stereocenters. The van der Waals surface area contributed by atoms with Gasteiger partial charge in [0.15, 0.2) is 0 Å². The number of ether oxygens (including phenoxy) is 2. The maximum Gasteiger partial charge on any atom is 0.422 e. The van der Waals surface area contributed by atoms with Crippen LogP contribution in [0.5, 0.6) is 0 Å². The van der Waals surface area contributed by atoms with E-state index in [2.05, 4.69) is 4.74 Å². The molecule has 6 amide bonds. The second kappa shape index (κ2) is 23.8. The number of benzene rings is 2. The Balaban J connectivity index is -0.000000808. The molecular formula is C34H53Cl2N5O14S2. The summed E-state index contributed by atoms with van der Waals surface area (Å²) in [5.74, 6) is -2.48. The minimum atomic E-state index is -4.05. The van der Waals surface area contributed by atoms with Crippen LogP contribution in [-0.4, -0.2) is 99.5 Å². The fourth-order valence-electron chi connectivity index (χ4n) is 3.99. The van der Waals surface area contributed by atoms with Crippen LogP contribution in [0.25, 0.3) is 0 Å². The van der Waals surface area contributed by atoms with Gasteiger partial charge in [0.25, 0.3) is 23.6 Å². The van der Waals surface area contributed by atoms with Gasteiger partial charge in [-0.05, 0) is 72.2 Å². The molecule has 324 valence electrons. The van der Waals surface area contributed by atoms with E-state index in [1.165, 1.54) is 16.9 Å². The standard InChI is InChI=1S/C16H20N2O7S.C10H10N2O3.C5H10ClNO4S.3CH4.ClH/c1-16(2,3)25-15(21)17-26(22,23)10-6-9-24-18-13(19)11-7-4-5-8-12(11)14(18)20;11-5-6-15-12-9(13)7-3-1-2-4-8(7)10(12)14;1-5(2,3)11-4(8)7-12(6,9)10;;;;/h4-5,7-8H,6,9-10H2,1-3H3,(H,17,21);1-4H,5-6,11H2;1-3H3,(H,7,8);3*1H4;1H. The molecule has 0 fully saturated rings. The molecule has 0 saturated carbocycles. The number of halogens is 2. The summed E-state index contributed by atoms with van der Waals surface area (Å²) in [5.41, 5.74) is 4.87. The molecule has 0 unspecified atom stereocenters. The summed E-state index contributed by atoms with van der Waals surface area (Å²) >= 11 is 0. The summed E-state index contributed by atoms with van der Waals surface area (Å²) in [6.45, 7) is 9.84. The molecule has 0 bridgehead atoms. The molecule has 2 aromatic rings. The minimum absolute atomic E-state index is 0. The number of nitrogens with two attached hydrogens (primary N) is 1. The van der Waals surface area contributed by atoms with Gasteiger partial charge < -0.3 is 15.2 Å². The number of nitrogens with one attached hydrogen (secondary N) is 2. The molecule has 2 aromatic carbocycles. The largest absolute Gasteiger partial charge is 0.443 e. The summed E-state index contributed by atoms with van der Waals surface area (Å²) in [4.78, 5) is 79.7. The zero-order chi connectivity index (χ0) is 40.4. The lowest BCUT2D eigenvalue weighted by atomic mass is 10.1. The lowest BCUT2D eigenvalue weighted by Crippen LogP contribution is -2.38. The van der Waals surface area contributed by atoms with Crippen molar-refractivity contribution in [1.82, 2.24) is 19.6 Å². The number of rotatable bonds is 10. The quantitative estimate of drug-likeness (QED) is 0.162. The molecule has 2 aliphatic rings. The molecule has 2 heterocycles. The Morgan fingerprint density at radius 1 is 0.649 bits per heavy atom. The van der Waals surface area contributed by atoms with E-state index in [1.54, 1.807) is 82.7 Å². The Labute approximate surface area is 344 Å². The first-order valence-electron chi connectivity index (χ1n) is 15.5. The predicted octanol–water partition coefficient (Wildman–Crippen LogP) is 4.96. The topological polar surface area (TPSA) is 264 Å². The van der Waals surface area contributed by atoms with E-state index in [0.717, 1.165) is 5.06 Å². The third-order valence-corrected chi connectivity index (χ3v) is 7.82. The van der Waals surface area contributed by atoms with Crippen molar-refractivity contribution in [3.05, 3.63) is 70.8 Å². The van der Waals surface area contributed by atoms with Gasteiger partial charge in [-0.2, -0.15) is 8.42 Å². The van der Waals surface area contributed by atoms with Gasteiger partial charge in [0.05, 0.1) is 41.2 Å². The molecular weight excluding hydrogens is 837 g/mol. The molecule has 4 rings (SSSR count). The first-order valence-corrected chi connectivity index (χ1v) is 19.4. The van der Waals surface area contributed by atoms with Crippen molar-refractivity contribution in [2.75, 3.05) is 25.5 Å². The highest BCUT2D eigenvalue weighted by atomic mass is 35.7. The van der Waals surface area contributed by atoms with Gasteiger partial charge in [-0.15, -0.1) is 22.5 Å². The number of hydrogen-bond acceptors (Lipinski definition) is 15. The molecule has 0 aromatic heterocycles. The number of amides is 6. The van der Waals surface area contributed by atoms with Crippen molar-refractivity contribution in [2.24, 2.45) is 5.73 Å². The van der Waals surface area contributed by atoms with Crippen molar-refractivity contribution in [3.8, 4) is 0 Å².